The number of fused-ring (bicyclic) bond motifs is 1. The van der Waals surface area contributed by atoms with E-state index >= 15 is 0 Å². The summed E-state index contributed by atoms with van der Waals surface area (Å²) in [5, 5.41) is 2.19. The summed E-state index contributed by atoms with van der Waals surface area (Å²) in [6, 6.07) is 18.5. The van der Waals surface area contributed by atoms with Crippen molar-refractivity contribution in [2.24, 2.45) is 0 Å². The second kappa shape index (κ2) is 7.10. The molecule has 0 saturated carbocycles. The fraction of sp³-hybridized carbons (Fsp3) is 0.250. The molecule has 0 spiro atoms. The smallest absolute Gasteiger partial charge is 0.257 e. The number of benzene rings is 2. The number of hydrogen-bond acceptors (Lipinski definition) is 4. The summed E-state index contributed by atoms with van der Waals surface area (Å²) in [5.74, 6) is 0.0816. The molecule has 0 aliphatic carbocycles. The second-order valence-electron chi connectivity index (χ2n) is 6.26. The minimum Gasteiger partial charge on any atom is -0.390 e. The van der Waals surface area contributed by atoms with Crippen molar-refractivity contribution in [1.82, 2.24) is 4.90 Å². The molecule has 0 atom stereocenters. The number of thioether (sulfide) groups is 1. The highest BCUT2D eigenvalue weighted by Gasteiger charge is 2.27. The minimum atomic E-state index is 0.0816. The van der Waals surface area contributed by atoms with Crippen molar-refractivity contribution in [1.29, 1.82) is 0 Å². The number of carbonyl (C=O) groups is 1. The molecule has 3 nitrogen and oxygen atoms in total. The Morgan fingerprint density at radius 3 is 2.48 bits per heavy atom. The molecule has 1 aliphatic heterocycles. The van der Waals surface area contributed by atoms with Crippen LogP contribution >= 0.6 is 23.1 Å². The van der Waals surface area contributed by atoms with Crippen molar-refractivity contribution in [3.05, 3.63) is 60.2 Å². The number of nitrogens with two attached hydrogens (primary N) is 1. The standard InChI is InChI=1S/C20H20N2OS2/c21-19-18(16-8-4-5-9-17(16)25-19)20(23)22-12-10-15(11-13-22)24-14-6-2-1-3-7-14/h1-9,15H,10-13,21H2. The van der Waals surface area contributed by atoms with E-state index in [1.165, 1.54) is 16.2 Å². The Balaban J connectivity index is 1.45. The molecule has 1 amide bonds. The predicted molar refractivity (Wildman–Crippen MR) is 107 cm³/mol. The Labute approximate surface area is 155 Å². The largest absolute Gasteiger partial charge is 0.390 e. The number of piperidine rings is 1. The number of hydrogen-bond donors (Lipinski definition) is 1. The van der Waals surface area contributed by atoms with Gasteiger partial charge in [-0.3, -0.25) is 4.79 Å². The normalized spacial score (nSPS) is 15.6. The average Bonchev–Trinajstić information content (AvgIpc) is 2.98. The molecular formula is C20H20N2OS2. The molecule has 1 saturated heterocycles. The first kappa shape index (κ1) is 16.5. The van der Waals surface area contributed by atoms with Crippen LogP contribution in [0.4, 0.5) is 5.00 Å². The van der Waals surface area contributed by atoms with E-state index in [-0.39, 0.29) is 5.91 Å². The summed E-state index contributed by atoms with van der Waals surface area (Å²) in [6.45, 7) is 1.60. The SMILES string of the molecule is Nc1sc2ccccc2c1C(=O)N1CCC(Sc2ccccc2)CC1. The highest BCUT2D eigenvalue weighted by Crippen LogP contribution is 2.36. The van der Waals surface area contributed by atoms with Crippen molar-refractivity contribution in [2.45, 2.75) is 23.0 Å². The van der Waals surface area contributed by atoms with Gasteiger partial charge in [-0.1, -0.05) is 36.4 Å². The number of likely N-dealkylation sites (tertiary alicyclic amines) is 1. The lowest BCUT2D eigenvalue weighted by Crippen LogP contribution is -2.39. The number of amides is 1. The third-order valence-electron chi connectivity index (χ3n) is 4.61. The van der Waals surface area contributed by atoms with Gasteiger partial charge in [-0.05, 0) is 31.0 Å². The lowest BCUT2D eigenvalue weighted by molar-refractivity contribution is 0.0731. The van der Waals surface area contributed by atoms with Crippen molar-refractivity contribution < 1.29 is 4.79 Å². The van der Waals surface area contributed by atoms with E-state index in [1.807, 2.05) is 47.0 Å². The topological polar surface area (TPSA) is 46.3 Å². The summed E-state index contributed by atoms with van der Waals surface area (Å²) in [4.78, 5) is 16.3. The zero-order valence-electron chi connectivity index (χ0n) is 13.9. The van der Waals surface area contributed by atoms with Crippen LogP contribution in [0.15, 0.2) is 59.5 Å². The van der Waals surface area contributed by atoms with Gasteiger partial charge in [-0.15, -0.1) is 23.1 Å². The van der Waals surface area contributed by atoms with E-state index in [9.17, 15) is 4.79 Å². The van der Waals surface area contributed by atoms with Crippen molar-refractivity contribution in [3.8, 4) is 0 Å². The van der Waals surface area contributed by atoms with Gasteiger partial charge in [0.25, 0.3) is 5.91 Å². The van der Waals surface area contributed by atoms with Crippen molar-refractivity contribution in [3.63, 3.8) is 0 Å². The van der Waals surface area contributed by atoms with Gasteiger partial charge in [-0.2, -0.15) is 0 Å². The minimum absolute atomic E-state index is 0.0816. The maximum atomic E-state index is 13.0. The third-order valence-corrected chi connectivity index (χ3v) is 6.96. The molecule has 25 heavy (non-hydrogen) atoms. The number of carbonyl (C=O) groups excluding carboxylic acids is 1. The molecule has 0 bridgehead atoms. The van der Waals surface area contributed by atoms with E-state index in [0.717, 1.165) is 36.0 Å². The van der Waals surface area contributed by atoms with Crippen LogP contribution in [0.3, 0.4) is 0 Å². The zero-order chi connectivity index (χ0) is 17.2. The van der Waals surface area contributed by atoms with E-state index in [0.29, 0.717) is 15.8 Å². The Bertz CT molecular complexity index is 883. The molecule has 0 unspecified atom stereocenters. The van der Waals surface area contributed by atoms with Gasteiger partial charge in [-0.25, -0.2) is 0 Å². The molecule has 5 heteroatoms. The molecule has 2 aromatic carbocycles. The number of nitrogen functional groups attached to an aromatic ring is 1. The molecule has 3 aromatic rings. The van der Waals surface area contributed by atoms with E-state index < -0.39 is 0 Å². The van der Waals surface area contributed by atoms with E-state index in [2.05, 4.69) is 24.3 Å². The number of rotatable bonds is 3. The van der Waals surface area contributed by atoms with Crippen LogP contribution in [0.25, 0.3) is 10.1 Å². The Kier molecular flexibility index (Phi) is 4.68. The number of anilines is 1. The van der Waals surface area contributed by atoms with Crippen LogP contribution in [0.5, 0.6) is 0 Å². The molecule has 128 valence electrons. The van der Waals surface area contributed by atoms with E-state index in [1.54, 1.807) is 0 Å². The van der Waals surface area contributed by atoms with Crippen LogP contribution in [0.1, 0.15) is 23.2 Å². The highest BCUT2D eigenvalue weighted by atomic mass is 32.2. The monoisotopic (exact) mass is 368 g/mol. The summed E-state index contributed by atoms with van der Waals surface area (Å²) in [7, 11) is 0. The lowest BCUT2D eigenvalue weighted by Gasteiger charge is -2.31. The average molecular weight is 369 g/mol. The highest BCUT2D eigenvalue weighted by molar-refractivity contribution is 8.00. The Morgan fingerprint density at radius 1 is 1.04 bits per heavy atom. The van der Waals surface area contributed by atoms with Gasteiger partial charge >= 0.3 is 0 Å². The molecule has 1 aliphatic rings. The molecule has 1 fully saturated rings. The quantitative estimate of drug-likeness (QED) is 0.717. The molecule has 0 radical (unpaired) electrons. The van der Waals surface area contributed by atoms with Crippen LogP contribution in [0, 0.1) is 0 Å². The summed E-state index contributed by atoms with van der Waals surface area (Å²) in [5.41, 5.74) is 6.85. The first-order valence-corrected chi connectivity index (χ1v) is 10.2. The first-order chi connectivity index (χ1) is 12.2. The Hall–Kier alpha value is -1.98. The van der Waals surface area contributed by atoms with Crippen molar-refractivity contribution in [2.75, 3.05) is 18.8 Å². The molecule has 1 aromatic heterocycles. The van der Waals surface area contributed by atoms with Gasteiger partial charge in [0.05, 0.1) is 10.6 Å². The molecule has 2 N–H and O–H groups in total. The number of nitrogens with zero attached hydrogens (tertiary/aromatic N) is 1. The maximum absolute atomic E-state index is 13.0. The van der Waals surface area contributed by atoms with Crippen LogP contribution in [-0.2, 0) is 0 Å². The summed E-state index contributed by atoms with van der Waals surface area (Å²) in [6.07, 6.45) is 2.04. The van der Waals surface area contributed by atoms with Gasteiger partial charge in [0.2, 0.25) is 0 Å². The maximum Gasteiger partial charge on any atom is 0.257 e. The van der Waals surface area contributed by atoms with Crippen molar-refractivity contribution >= 4 is 44.1 Å². The predicted octanol–water partition coefficient (Wildman–Crippen LogP) is 4.88. The lowest BCUT2D eigenvalue weighted by atomic mass is 10.1. The first-order valence-electron chi connectivity index (χ1n) is 8.50. The fourth-order valence-electron chi connectivity index (χ4n) is 3.31. The molecule has 4 rings (SSSR count). The van der Waals surface area contributed by atoms with Gasteiger partial charge in [0.1, 0.15) is 0 Å². The molecule has 2 heterocycles. The number of thiophene rings is 1. The fourth-order valence-corrected chi connectivity index (χ4v) is 5.42. The van der Waals surface area contributed by atoms with Gasteiger partial charge in [0, 0.05) is 33.3 Å². The van der Waals surface area contributed by atoms with Crippen LogP contribution in [-0.4, -0.2) is 29.1 Å². The van der Waals surface area contributed by atoms with Gasteiger partial charge in [0.15, 0.2) is 0 Å². The second-order valence-corrected chi connectivity index (χ2v) is 8.72. The Morgan fingerprint density at radius 2 is 1.72 bits per heavy atom. The van der Waals surface area contributed by atoms with Gasteiger partial charge < -0.3 is 10.6 Å². The molecular weight excluding hydrogens is 348 g/mol. The summed E-state index contributed by atoms with van der Waals surface area (Å²) >= 11 is 3.42. The van der Waals surface area contributed by atoms with Crippen LogP contribution in [0.2, 0.25) is 0 Å². The summed E-state index contributed by atoms with van der Waals surface area (Å²) < 4.78 is 1.08. The third kappa shape index (κ3) is 3.39. The zero-order valence-corrected chi connectivity index (χ0v) is 15.5. The van der Waals surface area contributed by atoms with Crippen LogP contribution < -0.4 is 5.73 Å². The van der Waals surface area contributed by atoms with E-state index in [4.69, 9.17) is 5.73 Å².